The fourth-order valence-electron chi connectivity index (χ4n) is 4.24. The summed E-state index contributed by atoms with van der Waals surface area (Å²) in [7, 11) is 1.58. The number of halogens is 2. The van der Waals surface area contributed by atoms with Gasteiger partial charge in [-0.25, -0.2) is 13.8 Å². The van der Waals surface area contributed by atoms with E-state index in [2.05, 4.69) is 10.3 Å². The van der Waals surface area contributed by atoms with Crippen LogP contribution in [0.4, 0.5) is 14.5 Å². The van der Waals surface area contributed by atoms with Gasteiger partial charge in [0.1, 0.15) is 35.0 Å². The quantitative estimate of drug-likeness (QED) is 0.378. The summed E-state index contributed by atoms with van der Waals surface area (Å²) in [6.07, 6.45) is 1.50. The number of hydrogen-bond acceptors (Lipinski definition) is 4. The first-order chi connectivity index (χ1) is 17.3. The zero-order valence-electron chi connectivity index (χ0n) is 19.6. The summed E-state index contributed by atoms with van der Waals surface area (Å²) in [4.78, 5) is 31.1. The normalized spacial score (nSPS) is 11.2. The standard InChI is InChI=1S/C27H22F2N4O3/c1-16-3-10-23-20(11-16)25-26(33(23)14-24(34)31-22-9-6-18(28)12-21(22)29)27(35)32(15-30-25)13-17-4-7-19(36-2)8-5-17/h3-12,15H,13-14H2,1-2H3,(H,31,34). The molecule has 2 heterocycles. The van der Waals surface area contributed by atoms with Gasteiger partial charge in [0, 0.05) is 11.5 Å². The Hall–Kier alpha value is -4.53. The highest BCUT2D eigenvalue weighted by molar-refractivity contribution is 6.06. The lowest BCUT2D eigenvalue weighted by atomic mass is 10.1. The molecule has 36 heavy (non-hydrogen) atoms. The van der Waals surface area contributed by atoms with E-state index in [0.717, 1.165) is 28.6 Å². The Kier molecular flexibility index (Phi) is 5.97. The van der Waals surface area contributed by atoms with Crippen LogP contribution in [0.1, 0.15) is 11.1 Å². The monoisotopic (exact) mass is 488 g/mol. The molecule has 0 saturated heterocycles. The summed E-state index contributed by atoms with van der Waals surface area (Å²) >= 11 is 0. The molecule has 182 valence electrons. The molecule has 9 heteroatoms. The van der Waals surface area contributed by atoms with Gasteiger partial charge in [-0.05, 0) is 48.9 Å². The van der Waals surface area contributed by atoms with Crippen molar-refractivity contribution in [3.8, 4) is 5.75 Å². The number of nitrogens with one attached hydrogen (secondary N) is 1. The molecule has 1 amide bonds. The second-order valence-corrected chi connectivity index (χ2v) is 8.50. The lowest BCUT2D eigenvalue weighted by Gasteiger charge is -2.11. The molecule has 0 unspecified atom stereocenters. The molecule has 0 spiro atoms. The fourth-order valence-corrected chi connectivity index (χ4v) is 4.24. The minimum absolute atomic E-state index is 0.145. The van der Waals surface area contributed by atoms with Crippen LogP contribution in [0.2, 0.25) is 0 Å². The smallest absolute Gasteiger partial charge is 0.278 e. The molecule has 0 saturated carbocycles. The lowest BCUT2D eigenvalue weighted by molar-refractivity contribution is -0.116. The number of rotatable bonds is 6. The first-order valence-electron chi connectivity index (χ1n) is 11.2. The predicted molar refractivity (Wildman–Crippen MR) is 133 cm³/mol. The van der Waals surface area contributed by atoms with Crippen LogP contribution < -0.4 is 15.6 Å². The van der Waals surface area contributed by atoms with Crippen LogP contribution in [0.15, 0.2) is 71.8 Å². The number of fused-ring (bicyclic) bond motifs is 3. The van der Waals surface area contributed by atoms with Gasteiger partial charge in [0.25, 0.3) is 5.56 Å². The zero-order chi connectivity index (χ0) is 25.4. The second-order valence-electron chi connectivity index (χ2n) is 8.50. The van der Waals surface area contributed by atoms with Crippen molar-refractivity contribution in [3.63, 3.8) is 0 Å². The number of aromatic nitrogens is 3. The highest BCUT2D eigenvalue weighted by Gasteiger charge is 2.19. The molecule has 5 aromatic rings. The average molecular weight is 488 g/mol. The van der Waals surface area contributed by atoms with Crippen molar-refractivity contribution in [3.05, 3.63) is 100 Å². The van der Waals surface area contributed by atoms with Crippen molar-refractivity contribution >= 4 is 33.5 Å². The Balaban J connectivity index is 1.57. The van der Waals surface area contributed by atoms with Gasteiger partial charge in [-0.1, -0.05) is 23.8 Å². The largest absolute Gasteiger partial charge is 0.497 e. The Bertz CT molecular complexity index is 1670. The van der Waals surface area contributed by atoms with E-state index >= 15 is 0 Å². The molecule has 7 nitrogen and oxygen atoms in total. The molecule has 0 aliphatic rings. The molecule has 0 aliphatic carbocycles. The number of carbonyl (C=O) groups excluding carboxylic acids is 1. The summed E-state index contributed by atoms with van der Waals surface area (Å²) < 4.78 is 35.6. The minimum atomic E-state index is -0.885. The van der Waals surface area contributed by atoms with E-state index in [9.17, 15) is 18.4 Å². The van der Waals surface area contributed by atoms with Gasteiger partial charge in [-0.3, -0.25) is 14.2 Å². The number of ether oxygens (including phenoxy) is 1. The highest BCUT2D eigenvalue weighted by atomic mass is 19.1. The first kappa shape index (κ1) is 23.2. The minimum Gasteiger partial charge on any atom is -0.497 e. The number of benzene rings is 3. The van der Waals surface area contributed by atoms with Gasteiger partial charge in [0.2, 0.25) is 5.91 Å². The third kappa shape index (κ3) is 4.31. The van der Waals surface area contributed by atoms with E-state index in [1.165, 1.54) is 10.9 Å². The number of anilines is 1. The topological polar surface area (TPSA) is 78.2 Å². The van der Waals surface area contributed by atoms with Crippen LogP contribution in [0.25, 0.3) is 21.9 Å². The van der Waals surface area contributed by atoms with Gasteiger partial charge >= 0.3 is 0 Å². The van der Waals surface area contributed by atoms with Crippen molar-refractivity contribution in [2.75, 3.05) is 12.4 Å². The lowest BCUT2D eigenvalue weighted by Crippen LogP contribution is -2.25. The molecule has 0 fully saturated rings. The van der Waals surface area contributed by atoms with Crippen LogP contribution in [0.5, 0.6) is 5.75 Å². The Labute approximate surface area is 204 Å². The Morgan fingerprint density at radius 1 is 1.06 bits per heavy atom. The fraction of sp³-hybridized carbons (Fsp3) is 0.148. The van der Waals surface area contributed by atoms with E-state index in [-0.39, 0.29) is 29.9 Å². The number of nitrogens with zero attached hydrogens (tertiary/aromatic N) is 3. The molecule has 2 aromatic heterocycles. The zero-order valence-corrected chi connectivity index (χ0v) is 19.6. The summed E-state index contributed by atoms with van der Waals surface area (Å²) in [5.74, 6) is -1.49. The molecule has 0 radical (unpaired) electrons. The third-order valence-electron chi connectivity index (χ3n) is 6.00. The van der Waals surface area contributed by atoms with E-state index in [1.54, 1.807) is 11.7 Å². The van der Waals surface area contributed by atoms with Gasteiger partial charge in [0.15, 0.2) is 0 Å². The third-order valence-corrected chi connectivity index (χ3v) is 6.00. The number of carbonyl (C=O) groups is 1. The Morgan fingerprint density at radius 2 is 1.83 bits per heavy atom. The van der Waals surface area contributed by atoms with Crippen molar-refractivity contribution < 1.29 is 18.3 Å². The maximum atomic E-state index is 14.1. The van der Waals surface area contributed by atoms with Gasteiger partial charge in [-0.15, -0.1) is 0 Å². The maximum absolute atomic E-state index is 14.1. The number of aryl methyl sites for hydroxylation is 1. The van der Waals surface area contributed by atoms with Crippen molar-refractivity contribution in [2.24, 2.45) is 0 Å². The van der Waals surface area contributed by atoms with E-state index in [4.69, 9.17) is 4.74 Å². The number of methoxy groups -OCH3 is 1. The van der Waals surface area contributed by atoms with Crippen molar-refractivity contribution in [2.45, 2.75) is 20.0 Å². The molecule has 0 bridgehead atoms. The molecule has 5 rings (SSSR count). The van der Waals surface area contributed by atoms with Crippen molar-refractivity contribution in [1.29, 1.82) is 0 Å². The molecule has 1 N–H and O–H groups in total. The number of amides is 1. The number of hydrogen-bond donors (Lipinski definition) is 1. The second kappa shape index (κ2) is 9.26. The highest BCUT2D eigenvalue weighted by Crippen LogP contribution is 2.27. The SMILES string of the molecule is COc1ccc(Cn2cnc3c4cc(C)ccc4n(CC(=O)Nc4ccc(F)cc4F)c3c2=O)cc1. The summed E-state index contributed by atoms with van der Waals surface area (Å²) in [5, 5.41) is 3.19. The van der Waals surface area contributed by atoms with Crippen LogP contribution in [-0.4, -0.2) is 27.1 Å². The maximum Gasteiger partial charge on any atom is 0.278 e. The van der Waals surface area contributed by atoms with E-state index in [0.29, 0.717) is 22.8 Å². The van der Waals surface area contributed by atoms with Crippen LogP contribution in [0, 0.1) is 18.6 Å². The van der Waals surface area contributed by atoms with E-state index < -0.39 is 17.5 Å². The van der Waals surface area contributed by atoms with E-state index in [1.807, 2.05) is 49.4 Å². The van der Waals surface area contributed by atoms with Crippen LogP contribution >= 0.6 is 0 Å². The Morgan fingerprint density at radius 3 is 2.56 bits per heavy atom. The van der Waals surface area contributed by atoms with Crippen molar-refractivity contribution in [1.82, 2.24) is 14.1 Å². The molecule has 3 aromatic carbocycles. The van der Waals surface area contributed by atoms with Gasteiger partial charge in [0.05, 0.1) is 31.2 Å². The molecule has 0 aliphatic heterocycles. The van der Waals surface area contributed by atoms with Crippen LogP contribution in [0.3, 0.4) is 0 Å². The van der Waals surface area contributed by atoms with Crippen LogP contribution in [-0.2, 0) is 17.9 Å². The molecular formula is C27H22F2N4O3. The summed E-state index contributed by atoms with van der Waals surface area (Å²) in [5.41, 5.74) is 2.79. The summed E-state index contributed by atoms with van der Waals surface area (Å²) in [6.45, 7) is 1.94. The summed E-state index contributed by atoms with van der Waals surface area (Å²) in [6, 6.07) is 15.9. The molecular weight excluding hydrogens is 466 g/mol. The first-order valence-corrected chi connectivity index (χ1v) is 11.2. The predicted octanol–water partition coefficient (Wildman–Crippen LogP) is 4.63. The van der Waals surface area contributed by atoms with Gasteiger partial charge < -0.3 is 14.6 Å². The van der Waals surface area contributed by atoms with Gasteiger partial charge in [-0.2, -0.15) is 0 Å². The molecule has 0 atom stereocenters. The average Bonchev–Trinajstić information content (AvgIpc) is 3.16.